The van der Waals surface area contributed by atoms with Gasteiger partial charge in [0, 0.05) is 40.2 Å². The molecule has 244 valence electrons. The summed E-state index contributed by atoms with van der Waals surface area (Å²) in [4.78, 5) is 48.8. The predicted octanol–water partition coefficient (Wildman–Crippen LogP) is 6.04. The highest BCUT2D eigenvalue weighted by molar-refractivity contribution is 7.83. The maximum atomic E-state index is 13.3. The number of esters is 2. The van der Waals surface area contributed by atoms with E-state index in [-0.39, 0.29) is 22.9 Å². The number of halogens is 6. The lowest BCUT2D eigenvalue weighted by Gasteiger charge is -2.19. The first kappa shape index (κ1) is 35.5. The van der Waals surface area contributed by atoms with Crippen molar-refractivity contribution in [1.29, 1.82) is 0 Å². The highest BCUT2D eigenvalue weighted by atomic mass is 32.2. The summed E-state index contributed by atoms with van der Waals surface area (Å²) in [7, 11) is 1.71. The summed E-state index contributed by atoms with van der Waals surface area (Å²) in [5.74, 6) is -1.37. The molecule has 16 heteroatoms. The number of rotatable bonds is 7. The van der Waals surface area contributed by atoms with Crippen molar-refractivity contribution in [3.63, 3.8) is 0 Å². The predicted molar refractivity (Wildman–Crippen MR) is 159 cm³/mol. The third kappa shape index (κ3) is 8.38. The van der Waals surface area contributed by atoms with Crippen molar-refractivity contribution >= 4 is 45.5 Å². The molecular formula is C30H24F6N2O7S. The Kier molecular flexibility index (Phi) is 10.8. The van der Waals surface area contributed by atoms with Gasteiger partial charge in [0.25, 0.3) is 10.9 Å². The first-order chi connectivity index (χ1) is 21.4. The smallest absolute Gasteiger partial charge is 0.416 e. The minimum atomic E-state index is -5.14. The van der Waals surface area contributed by atoms with Crippen LogP contribution in [0.2, 0.25) is 0 Å². The first-order valence-electron chi connectivity index (χ1n) is 12.7. The lowest BCUT2D eigenvalue weighted by Crippen LogP contribution is -2.36. The Morgan fingerprint density at radius 2 is 1.11 bits per heavy atom. The van der Waals surface area contributed by atoms with Crippen molar-refractivity contribution in [3.05, 3.63) is 103 Å². The molecule has 0 bridgehead atoms. The second-order valence-corrected chi connectivity index (χ2v) is 11.0. The molecular weight excluding hydrogens is 646 g/mol. The van der Waals surface area contributed by atoms with Crippen LogP contribution in [0.25, 0.3) is 11.1 Å². The molecule has 0 amide bonds. The molecule has 9 nitrogen and oxygen atoms in total. The first-order valence-corrected chi connectivity index (χ1v) is 14.7. The van der Waals surface area contributed by atoms with Crippen molar-refractivity contribution in [2.75, 3.05) is 37.4 Å². The average Bonchev–Trinajstić information content (AvgIpc) is 3.00. The fourth-order valence-corrected chi connectivity index (χ4v) is 3.98. The fraction of sp³-hybridized carbons (Fsp3) is 0.200. The van der Waals surface area contributed by atoms with E-state index >= 15 is 0 Å². The molecule has 0 saturated carbocycles. The number of carbonyl (C=O) groups excluding carboxylic acids is 2. The van der Waals surface area contributed by atoms with E-state index in [1.807, 2.05) is 0 Å². The van der Waals surface area contributed by atoms with Crippen LogP contribution in [0, 0.1) is 0 Å². The molecule has 0 saturated heterocycles. The van der Waals surface area contributed by atoms with Gasteiger partial charge in [0.15, 0.2) is 0 Å². The summed E-state index contributed by atoms with van der Waals surface area (Å²) < 4.78 is 98.7. The van der Waals surface area contributed by atoms with Crippen LogP contribution in [0.3, 0.4) is 0 Å². The molecule has 0 aliphatic carbocycles. The van der Waals surface area contributed by atoms with Crippen LogP contribution in [-0.2, 0) is 32.6 Å². The summed E-state index contributed by atoms with van der Waals surface area (Å²) in [6, 6.07) is 10.7. The van der Waals surface area contributed by atoms with Gasteiger partial charge < -0.3 is 20.1 Å². The second-order valence-electron chi connectivity index (χ2n) is 9.52. The van der Waals surface area contributed by atoms with Crippen molar-refractivity contribution in [1.82, 2.24) is 0 Å². The Morgan fingerprint density at radius 3 is 1.57 bits per heavy atom. The lowest BCUT2D eigenvalue weighted by atomic mass is 9.99. The number of hydrogen-bond donors (Lipinski definition) is 2. The second kappa shape index (κ2) is 14.0. The maximum absolute atomic E-state index is 13.3. The number of anilines is 4. The third-order valence-electron chi connectivity index (χ3n) is 6.08. The van der Waals surface area contributed by atoms with Gasteiger partial charge in [-0.1, -0.05) is 18.2 Å². The maximum Gasteiger partial charge on any atom is 0.416 e. The van der Waals surface area contributed by atoms with Gasteiger partial charge in [0.05, 0.1) is 36.5 Å². The molecule has 4 aromatic rings. The molecule has 4 aromatic carbocycles. The Hall–Kier alpha value is -4.99. The zero-order valence-corrected chi connectivity index (χ0v) is 25.1. The summed E-state index contributed by atoms with van der Waals surface area (Å²) >= 11 is 0. The largest absolute Gasteiger partial charge is 0.465 e. The monoisotopic (exact) mass is 670 g/mol. The third-order valence-corrected chi connectivity index (χ3v) is 6.08. The fourth-order valence-electron chi connectivity index (χ4n) is 3.98. The number of benzene rings is 3. The number of methoxy groups -OCH3 is 2. The van der Waals surface area contributed by atoms with Crippen LogP contribution in [-0.4, -0.2) is 42.9 Å². The van der Waals surface area contributed by atoms with Crippen LogP contribution in [0.1, 0.15) is 31.8 Å². The number of carbonyl (C=O) groups is 2. The molecule has 46 heavy (non-hydrogen) atoms. The number of ether oxygens (including phenoxy) is 2. The van der Waals surface area contributed by atoms with E-state index in [1.165, 1.54) is 49.6 Å². The Balaban J connectivity index is 0.00000136. The van der Waals surface area contributed by atoms with Crippen molar-refractivity contribution in [3.8, 4) is 11.1 Å². The topological polar surface area (TPSA) is 128 Å². The van der Waals surface area contributed by atoms with Gasteiger partial charge in [-0.05, 0) is 48.0 Å². The average molecular weight is 671 g/mol. The highest BCUT2D eigenvalue weighted by Gasteiger charge is 2.37. The van der Waals surface area contributed by atoms with Crippen molar-refractivity contribution in [2.45, 2.75) is 12.4 Å². The van der Waals surface area contributed by atoms with Gasteiger partial charge in [-0.3, -0.25) is 13.8 Å². The van der Waals surface area contributed by atoms with E-state index in [0.29, 0.717) is 23.3 Å². The lowest BCUT2D eigenvalue weighted by molar-refractivity contribution is -0.143. The molecule has 0 aromatic heterocycles. The van der Waals surface area contributed by atoms with Crippen LogP contribution in [0.4, 0.5) is 49.1 Å². The Morgan fingerprint density at radius 1 is 0.674 bits per heavy atom. The van der Waals surface area contributed by atoms with E-state index in [9.17, 15) is 49.7 Å². The zero-order valence-electron chi connectivity index (χ0n) is 24.3. The SMILES string of the molecule is COC(=O)c1ccc(-c2ccc(C(=O)OC)cc2Nc2c(Nc3cc(C(F)(F)F)cc(C(F)(F)F)c3)c(=O)c2=O)cc1.CS(C)=O. The zero-order chi connectivity index (χ0) is 34.6. The molecule has 0 unspecified atom stereocenters. The standard InChI is InChI=1S/C28H18F6N2O6.C2H6OS/c1-41-25(39)14-5-3-13(4-6-14)19-8-7-15(26(40)42-2)9-20(19)36-22-21(23(37)24(22)38)35-18-11-16(27(29,30)31)10-17(12-18)28(32,33)34;1-4(2)3/h3-12,35-36H,1-2H3;1-2H3. The number of hydrogen-bond acceptors (Lipinski definition) is 9. The van der Waals surface area contributed by atoms with E-state index in [4.69, 9.17) is 4.74 Å². The van der Waals surface area contributed by atoms with Gasteiger partial charge in [-0.25, -0.2) is 9.59 Å². The molecule has 0 aliphatic rings. The van der Waals surface area contributed by atoms with E-state index < -0.39 is 74.1 Å². The number of alkyl halides is 6. The Labute approximate surface area is 259 Å². The van der Waals surface area contributed by atoms with Gasteiger partial charge in [-0.2, -0.15) is 26.3 Å². The van der Waals surface area contributed by atoms with Crippen molar-refractivity contribution < 1.29 is 49.6 Å². The molecule has 0 heterocycles. The number of nitrogens with one attached hydrogen (secondary N) is 2. The minimum absolute atomic E-state index is 0.0100. The van der Waals surface area contributed by atoms with E-state index in [2.05, 4.69) is 15.4 Å². The van der Waals surface area contributed by atoms with Gasteiger partial charge >= 0.3 is 24.3 Å². The van der Waals surface area contributed by atoms with Crippen molar-refractivity contribution in [2.24, 2.45) is 0 Å². The minimum Gasteiger partial charge on any atom is -0.465 e. The summed E-state index contributed by atoms with van der Waals surface area (Å²) in [6.45, 7) is 0. The van der Waals surface area contributed by atoms with Gasteiger partial charge in [-0.15, -0.1) is 0 Å². The Bertz CT molecular complexity index is 1830. The van der Waals surface area contributed by atoms with Gasteiger partial charge in [0.1, 0.15) is 11.4 Å². The molecule has 0 spiro atoms. The van der Waals surface area contributed by atoms with Gasteiger partial charge in [0.2, 0.25) is 0 Å². The van der Waals surface area contributed by atoms with E-state index in [1.54, 1.807) is 12.5 Å². The van der Waals surface area contributed by atoms with E-state index in [0.717, 1.165) is 7.11 Å². The van der Waals surface area contributed by atoms with Crippen LogP contribution >= 0.6 is 0 Å². The molecule has 0 radical (unpaired) electrons. The quantitative estimate of drug-likeness (QED) is 0.137. The molecule has 0 atom stereocenters. The molecule has 0 fully saturated rings. The van der Waals surface area contributed by atoms with Crippen LogP contribution < -0.4 is 21.5 Å². The molecule has 2 N–H and O–H groups in total. The highest BCUT2D eigenvalue weighted by Crippen LogP contribution is 2.39. The van der Waals surface area contributed by atoms with Crippen LogP contribution in [0.15, 0.2) is 70.3 Å². The molecule has 4 rings (SSSR count). The van der Waals surface area contributed by atoms with Crippen LogP contribution in [0.5, 0.6) is 0 Å². The molecule has 0 aliphatic heterocycles. The summed E-state index contributed by atoms with van der Waals surface area (Å²) in [6.07, 6.45) is -7.00. The summed E-state index contributed by atoms with van der Waals surface area (Å²) in [5.41, 5.74) is -6.29. The summed E-state index contributed by atoms with van der Waals surface area (Å²) in [5, 5.41) is 4.85. The normalized spacial score (nSPS) is 11.5.